The molecule has 0 bridgehead atoms. The first kappa shape index (κ1) is 10.1. The maximum Gasteiger partial charge on any atom is 0.332 e. The molecule has 0 aromatic carbocycles. The summed E-state index contributed by atoms with van der Waals surface area (Å²) in [5.74, 6) is -1.66. The minimum Gasteiger partial charge on any atom is -0.479 e. The minimum absolute atomic E-state index is 0.352. The molecule has 0 aliphatic rings. The van der Waals surface area contributed by atoms with Gasteiger partial charge in [-0.15, -0.1) is 0 Å². The number of pyridine rings is 1. The van der Waals surface area contributed by atoms with Gasteiger partial charge in [-0.25, -0.2) is 10.3 Å². The highest BCUT2D eigenvalue weighted by Gasteiger charge is 2.04. The lowest BCUT2D eigenvalue weighted by atomic mass is 10.3. The fourth-order valence-electron chi connectivity index (χ4n) is 0.726. The van der Waals surface area contributed by atoms with Crippen LogP contribution in [0.1, 0.15) is 10.4 Å². The molecule has 6 nitrogen and oxygen atoms in total. The summed E-state index contributed by atoms with van der Waals surface area (Å²) in [6.07, 6.45) is 2.90. The van der Waals surface area contributed by atoms with Crippen LogP contribution in [0, 0.1) is 0 Å². The Kier molecular flexibility index (Phi) is 3.57. The van der Waals surface area contributed by atoms with E-state index in [-0.39, 0.29) is 0 Å². The van der Waals surface area contributed by atoms with Crippen molar-refractivity contribution in [3.8, 4) is 0 Å². The van der Waals surface area contributed by atoms with Crippen molar-refractivity contribution in [1.29, 1.82) is 0 Å². The summed E-state index contributed by atoms with van der Waals surface area (Å²) in [6, 6.07) is 2.97. The SMILES string of the molecule is O=C(O)CONC(=O)c1ccncc1. The van der Waals surface area contributed by atoms with Gasteiger partial charge in [0.25, 0.3) is 5.91 Å². The van der Waals surface area contributed by atoms with Crippen LogP contribution >= 0.6 is 0 Å². The fraction of sp³-hybridized carbons (Fsp3) is 0.125. The Morgan fingerprint density at radius 3 is 2.64 bits per heavy atom. The molecule has 0 saturated carbocycles. The average molecular weight is 196 g/mol. The Balaban J connectivity index is 2.40. The van der Waals surface area contributed by atoms with Crippen LogP contribution in [0.5, 0.6) is 0 Å². The first-order valence-corrected chi connectivity index (χ1v) is 3.74. The number of carboxylic acids is 1. The van der Waals surface area contributed by atoms with Gasteiger partial charge in [0.1, 0.15) is 0 Å². The van der Waals surface area contributed by atoms with Crippen molar-refractivity contribution in [3.63, 3.8) is 0 Å². The molecule has 0 unspecified atom stereocenters. The van der Waals surface area contributed by atoms with Crippen molar-refractivity contribution in [2.75, 3.05) is 6.61 Å². The number of carboxylic acid groups (broad SMARTS) is 1. The van der Waals surface area contributed by atoms with Crippen molar-refractivity contribution < 1.29 is 19.5 Å². The zero-order chi connectivity index (χ0) is 10.4. The Hall–Kier alpha value is -1.95. The summed E-state index contributed by atoms with van der Waals surface area (Å²) < 4.78 is 0. The number of nitrogens with one attached hydrogen (secondary N) is 1. The van der Waals surface area contributed by atoms with Crippen LogP contribution in [0.4, 0.5) is 0 Å². The van der Waals surface area contributed by atoms with E-state index in [2.05, 4.69) is 9.82 Å². The predicted octanol–water partition coefficient (Wildman–Crippen LogP) is -0.172. The number of hydrogen-bond donors (Lipinski definition) is 2. The largest absolute Gasteiger partial charge is 0.479 e. The Morgan fingerprint density at radius 2 is 2.07 bits per heavy atom. The topological polar surface area (TPSA) is 88.5 Å². The van der Waals surface area contributed by atoms with Gasteiger partial charge in [-0.2, -0.15) is 0 Å². The van der Waals surface area contributed by atoms with Gasteiger partial charge in [-0.1, -0.05) is 0 Å². The van der Waals surface area contributed by atoms with Crippen molar-refractivity contribution >= 4 is 11.9 Å². The van der Waals surface area contributed by atoms with Crippen LogP contribution in [0.25, 0.3) is 0 Å². The van der Waals surface area contributed by atoms with Gasteiger partial charge < -0.3 is 5.11 Å². The molecule has 1 heterocycles. The molecule has 1 aromatic heterocycles. The molecule has 74 valence electrons. The molecule has 0 aliphatic carbocycles. The summed E-state index contributed by atoms with van der Waals surface area (Å²) in [7, 11) is 0. The zero-order valence-corrected chi connectivity index (χ0v) is 7.14. The molecule has 0 atom stereocenters. The van der Waals surface area contributed by atoms with E-state index in [1.165, 1.54) is 24.5 Å². The molecule has 1 amide bonds. The molecule has 0 fully saturated rings. The van der Waals surface area contributed by atoms with E-state index in [9.17, 15) is 9.59 Å². The van der Waals surface area contributed by atoms with Crippen LogP contribution in [-0.4, -0.2) is 28.6 Å². The van der Waals surface area contributed by atoms with Crippen LogP contribution in [0.2, 0.25) is 0 Å². The number of amides is 1. The molecule has 14 heavy (non-hydrogen) atoms. The number of nitrogens with zero attached hydrogens (tertiary/aromatic N) is 1. The van der Waals surface area contributed by atoms with Crippen molar-refractivity contribution in [3.05, 3.63) is 30.1 Å². The Morgan fingerprint density at radius 1 is 1.43 bits per heavy atom. The number of hydrogen-bond acceptors (Lipinski definition) is 4. The number of aliphatic carboxylic acids is 1. The molecular formula is C8H8N2O4. The van der Waals surface area contributed by atoms with Gasteiger partial charge in [-0.3, -0.25) is 14.6 Å². The number of aromatic nitrogens is 1. The zero-order valence-electron chi connectivity index (χ0n) is 7.14. The molecular weight excluding hydrogens is 188 g/mol. The standard InChI is InChI=1S/C8H8N2O4/c11-7(12)5-14-10-8(13)6-1-3-9-4-2-6/h1-4H,5H2,(H,10,13)(H,11,12). The van der Waals surface area contributed by atoms with E-state index in [1.54, 1.807) is 0 Å². The molecule has 2 N–H and O–H groups in total. The molecule has 1 aromatic rings. The highest BCUT2D eigenvalue weighted by atomic mass is 16.7. The maximum absolute atomic E-state index is 11.2. The van der Waals surface area contributed by atoms with Gasteiger partial charge in [0, 0.05) is 18.0 Å². The summed E-state index contributed by atoms with van der Waals surface area (Å²) >= 11 is 0. The van der Waals surface area contributed by atoms with Gasteiger partial charge in [0.2, 0.25) is 0 Å². The first-order chi connectivity index (χ1) is 6.70. The van der Waals surface area contributed by atoms with Gasteiger partial charge in [0.15, 0.2) is 6.61 Å². The molecule has 1 rings (SSSR count). The van der Waals surface area contributed by atoms with Crippen LogP contribution in [-0.2, 0) is 9.63 Å². The van der Waals surface area contributed by atoms with E-state index in [0.717, 1.165) is 0 Å². The number of rotatable bonds is 4. The number of hydroxylamine groups is 1. The second kappa shape index (κ2) is 4.93. The quantitative estimate of drug-likeness (QED) is 0.652. The second-order valence-corrected chi connectivity index (χ2v) is 2.35. The van der Waals surface area contributed by atoms with Gasteiger partial charge in [-0.05, 0) is 12.1 Å². The number of carbonyl (C=O) groups excluding carboxylic acids is 1. The highest BCUT2D eigenvalue weighted by molar-refractivity contribution is 5.93. The third-order valence-electron chi connectivity index (χ3n) is 1.30. The van der Waals surface area contributed by atoms with E-state index < -0.39 is 18.5 Å². The normalized spacial score (nSPS) is 9.43. The summed E-state index contributed by atoms with van der Waals surface area (Å²) in [6.45, 7) is -0.573. The highest BCUT2D eigenvalue weighted by Crippen LogP contribution is 1.94. The Labute approximate surface area is 79.5 Å². The predicted molar refractivity (Wildman–Crippen MR) is 45.3 cm³/mol. The van der Waals surface area contributed by atoms with Crippen LogP contribution in [0.15, 0.2) is 24.5 Å². The Bertz CT molecular complexity index is 325. The molecule has 0 aliphatic heterocycles. The third-order valence-corrected chi connectivity index (χ3v) is 1.30. The van der Waals surface area contributed by atoms with Crippen molar-refractivity contribution in [2.24, 2.45) is 0 Å². The first-order valence-electron chi connectivity index (χ1n) is 3.74. The van der Waals surface area contributed by atoms with E-state index in [0.29, 0.717) is 5.56 Å². The van der Waals surface area contributed by atoms with Crippen molar-refractivity contribution in [2.45, 2.75) is 0 Å². The second-order valence-electron chi connectivity index (χ2n) is 2.35. The molecule has 0 radical (unpaired) electrons. The number of carbonyl (C=O) groups is 2. The third kappa shape index (κ3) is 3.20. The molecule has 0 saturated heterocycles. The van der Waals surface area contributed by atoms with E-state index >= 15 is 0 Å². The van der Waals surface area contributed by atoms with E-state index in [1.807, 2.05) is 5.48 Å². The van der Waals surface area contributed by atoms with Gasteiger partial charge in [0.05, 0.1) is 0 Å². The van der Waals surface area contributed by atoms with Crippen LogP contribution in [0.3, 0.4) is 0 Å². The van der Waals surface area contributed by atoms with Gasteiger partial charge >= 0.3 is 5.97 Å². The molecule has 0 spiro atoms. The molecule has 6 heteroatoms. The minimum atomic E-state index is -1.15. The smallest absolute Gasteiger partial charge is 0.332 e. The lowest BCUT2D eigenvalue weighted by Gasteiger charge is -2.02. The summed E-state index contributed by atoms with van der Waals surface area (Å²) in [5, 5.41) is 8.21. The lowest BCUT2D eigenvalue weighted by Crippen LogP contribution is -2.26. The lowest BCUT2D eigenvalue weighted by molar-refractivity contribution is -0.144. The maximum atomic E-state index is 11.2. The van der Waals surface area contributed by atoms with Crippen LogP contribution < -0.4 is 5.48 Å². The average Bonchev–Trinajstić information content (AvgIpc) is 2.18. The summed E-state index contributed by atoms with van der Waals surface area (Å²) in [5.41, 5.74) is 2.33. The summed E-state index contributed by atoms with van der Waals surface area (Å²) in [4.78, 5) is 29.3. The fourth-order valence-corrected chi connectivity index (χ4v) is 0.726. The van der Waals surface area contributed by atoms with Crippen molar-refractivity contribution in [1.82, 2.24) is 10.5 Å². The van der Waals surface area contributed by atoms with E-state index in [4.69, 9.17) is 5.11 Å². The monoisotopic (exact) mass is 196 g/mol.